The Balaban J connectivity index is 2.51. The molecule has 2 rings (SSSR count). The lowest BCUT2D eigenvalue weighted by Gasteiger charge is -2.17. The van der Waals surface area contributed by atoms with E-state index in [1.54, 1.807) is 20.5 Å². The molecule has 1 unspecified atom stereocenters. The quantitative estimate of drug-likeness (QED) is 0.860. The van der Waals surface area contributed by atoms with Crippen LogP contribution in [0.2, 0.25) is 0 Å². The Hall–Kier alpha value is -0.980. The molecule has 0 bridgehead atoms. The summed E-state index contributed by atoms with van der Waals surface area (Å²) < 4.78 is 17.3. The summed E-state index contributed by atoms with van der Waals surface area (Å²) in [6, 6.07) is 5.14. The molecule has 0 radical (unpaired) electrons. The first-order chi connectivity index (χ1) is 9.08. The molecule has 1 atom stereocenters. The van der Waals surface area contributed by atoms with Crippen molar-refractivity contribution < 1.29 is 13.9 Å². The first-order valence-corrected chi connectivity index (χ1v) is 7.07. The zero-order valence-corrected chi connectivity index (χ0v) is 13.6. The Morgan fingerprint density at radius 1 is 1.11 bits per heavy atom. The van der Waals surface area contributed by atoms with Gasteiger partial charge >= 0.3 is 0 Å². The predicted molar refractivity (Wildman–Crippen MR) is 79.7 cm³/mol. The summed E-state index contributed by atoms with van der Waals surface area (Å²) in [6.45, 7) is 0. The molecule has 19 heavy (non-hydrogen) atoms. The summed E-state index contributed by atoms with van der Waals surface area (Å²) in [5.74, 6) is 1.39. The van der Waals surface area contributed by atoms with E-state index in [0.29, 0.717) is 16.2 Å². The fourth-order valence-corrected chi connectivity index (χ4v) is 2.79. The number of benzene rings is 1. The number of ether oxygens (including phenoxy) is 2. The first-order valence-electron chi connectivity index (χ1n) is 5.48. The molecule has 0 saturated heterocycles. The van der Waals surface area contributed by atoms with Gasteiger partial charge in [-0.1, -0.05) is 0 Å². The van der Waals surface area contributed by atoms with E-state index in [1.165, 1.54) is 0 Å². The summed E-state index contributed by atoms with van der Waals surface area (Å²) in [6.07, 6.45) is 1.59. The van der Waals surface area contributed by atoms with E-state index in [1.807, 2.05) is 18.2 Å². The third-order valence-corrected chi connectivity index (χ3v) is 4.08. The van der Waals surface area contributed by atoms with Gasteiger partial charge in [0.15, 0.2) is 4.67 Å². The molecular weight excluding hydrogens is 378 g/mol. The van der Waals surface area contributed by atoms with Gasteiger partial charge in [0.25, 0.3) is 0 Å². The van der Waals surface area contributed by atoms with Gasteiger partial charge in [-0.2, -0.15) is 0 Å². The minimum absolute atomic E-state index is 0.370. The summed E-state index contributed by atoms with van der Waals surface area (Å²) >= 11 is 6.75. The molecule has 0 fully saturated rings. The number of hydrogen-bond acceptors (Lipinski definition) is 4. The second kappa shape index (κ2) is 5.98. The molecule has 1 heterocycles. The lowest BCUT2D eigenvalue weighted by molar-refractivity contribution is 0.395. The number of hydrogen-bond donors (Lipinski definition) is 1. The van der Waals surface area contributed by atoms with Gasteiger partial charge in [0.2, 0.25) is 0 Å². The molecule has 1 aromatic carbocycles. The van der Waals surface area contributed by atoms with Crippen LogP contribution in [0.25, 0.3) is 0 Å². The highest BCUT2D eigenvalue weighted by atomic mass is 79.9. The lowest BCUT2D eigenvalue weighted by Crippen LogP contribution is -2.13. The van der Waals surface area contributed by atoms with Crippen molar-refractivity contribution >= 4 is 31.9 Å². The highest BCUT2D eigenvalue weighted by Crippen LogP contribution is 2.38. The van der Waals surface area contributed by atoms with Gasteiger partial charge in [0, 0.05) is 11.1 Å². The van der Waals surface area contributed by atoms with Crippen LogP contribution in [0.4, 0.5) is 0 Å². The van der Waals surface area contributed by atoms with Gasteiger partial charge in [-0.15, -0.1) is 0 Å². The average Bonchev–Trinajstić information content (AvgIpc) is 2.83. The maximum absolute atomic E-state index is 6.27. The lowest BCUT2D eigenvalue weighted by atomic mass is 10.0. The van der Waals surface area contributed by atoms with Gasteiger partial charge in [0.1, 0.15) is 11.5 Å². The van der Waals surface area contributed by atoms with Crippen molar-refractivity contribution in [2.24, 2.45) is 5.73 Å². The zero-order valence-electron chi connectivity index (χ0n) is 10.4. The van der Waals surface area contributed by atoms with Gasteiger partial charge in [-0.25, -0.2) is 0 Å². The van der Waals surface area contributed by atoms with Crippen molar-refractivity contribution in [2.75, 3.05) is 14.2 Å². The molecule has 4 nitrogen and oxygen atoms in total. The van der Waals surface area contributed by atoms with Crippen LogP contribution < -0.4 is 15.2 Å². The van der Waals surface area contributed by atoms with Crippen LogP contribution >= 0.6 is 31.9 Å². The fourth-order valence-electron chi connectivity index (χ4n) is 1.82. The molecule has 0 amide bonds. The van der Waals surface area contributed by atoms with Gasteiger partial charge in [-0.3, -0.25) is 0 Å². The Labute approximate surface area is 128 Å². The van der Waals surface area contributed by atoms with Crippen LogP contribution in [0.5, 0.6) is 11.5 Å². The Kier molecular flexibility index (Phi) is 4.54. The topological polar surface area (TPSA) is 57.6 Å². The standard InChI is InChI=1S/C13H13Br2NO3/c1-17-10-6-9(14)11(18-2)5-8(10)12(16)7-3-4-19-13(7)15/h3-6,12H,16H2,1-2H3. The zero-order chi connectivity index (χ0) is 14.0. The molecule has 0 aliphatic rings. The molecule has 0 saturated carbocycles. The van der Waals surface area contributed by atoms with E-state index in [2.05, 4.69) is 31.9 Å². The monoisotopic (exact) mass is 389 g/mol. The van der Waals surface area contributed by atoms with Crippen LogP contribution in [0, 0.1) is 0 Å². The normalized spacial score (nSPS) is 12.3. The van der Waals surface area contributed by atoms with E-state index in [0.717, 1.165) is 15.6 Å². The molecule has 102 valence electrons. The molecule has 0 aliphatic carbocycles. The number of halogens is 2. The van der Waals surface area contributed by atoms with Crippen LogP contribution in [0.3, 0.4) is 0 Å². The molecule has 0 aliphatic heterocycles. The van der Waals surface area contributed by atoms with Crippen molar-refractivity contribution in [2.45, 2.75) is 6.04 Å². The molecule has 0 spiro atoms. The fraction of sp³-hybridized carbons (Fsp3) is 0.231. The third kappa shape index (κ3) is 2.80. The maximum atomic E-state index is 6.27. The highest BCUT2D eigenvalue weighted by molar-refractivity contribution is 9.10. The Bertz CT molecular complexity index is 583. The molecule has 2 aromatic rings. The number of furan rings is 1. The maximum Gasteiger partial charge on any atom is 0.174 e. The van der Waals surface area contributed by atoms with Crippen molar-refractivity contribution in [1.29, 1.82) is 0 Å². The minimum Gasteiger partial charge on any atom is -0.496 e. The molecule has 2 N–H and O–H groups in total. The van der Waals surface area contributed by atoms with Crippen LogP contribution in [0.1, 0.15) is 17.2 Å². The molecule has 6 heteroatoms. The van der Waals surface area contributed by atoms with E-state index < -0.39 is 0 Å². The summed E-state index contributed by atoms with van der Waals surface area (Å²) in [5, 5.41) is 0. The smallest absolute Gasteiger partial charge is 0.174 e. The van der Waals surface area contributed by atoms with Crippen molar-refractivity contribution in [3.63, 3.8) is 0 Å². The molecular formula is C13H13Br2NO3. The largest absolute Gasteiger partial charge is 0.496 e. The van der Waals surface area contributed by atoms with Crippen molar-refractivity contribution in [3.05, 3.63) is 44.7 Å². The van der Waals surface area contributed by atoms with Gasteiger partial charge in [-0.05, 0) is 50.1 Å². The average molecular weight is 391 g/mol. The third-order valence-electron chi connectivity index (χ3n) is 2.82. The van der Waals surface area contributed by atoms with Gasteiger partial charge in [0.05, 0.1) is 31.0 Å². The predicted octanol–water partition coefficient (Wildman–Crippen LogP) is 3.87. The number of nitrogens with two attached hydrogens (primary N) is 1. The first kappa shape index (κ1) is 14.4. The summed E-state index contributed by atoms with van der Waals surface area (Å²) in [5.41, 5.74) is 7.94. The highest BCUT2D eigenvalue weighted by Gasteiger charge is 2.20. The van der Waals surface area contributed by atoms with Crippen LogP contribution in [-0.4, -0.2) is 14.2 Å². The number of rotatable bonds is 4. The Morgan fingerprint density at radius 2 is 1.79 bits per heavy atom. The second-order valence-electron chi connectivity index (χ2n) is 3.86. The molecule has 1 aromatic heterocycles. The van der Waals surface area contributed by atoms with E-state index in [9.17, 15) is 0 Å². The van der Waals surface area contributed by atoms with E-state index in [4.69, 9.17) is 19.6 Å². The van der Waals surface area contributed by atoms with E-state index in [-0.39, 0.29) is 6.04 Å². The minimum atomic E-state index is -0.370. The SMILES string of the molecule is COc1cc(C(N)c2ccoc2Br)c(OC)cc1Br. The second-order valence-corrected chi connectivity index (χ2v) is 5.43. The Morgan fingerprint density at radius 3 is 2.32 bits per heavy atom. The van der Waals surface area contributed by atoms with Crippen molar-refractivity contribution in [1.82, 2.24) is 0 Å². The van der Waals surface area contributed by atoms with Gasteiger partial charge < -0.3 is 19.6 Å². The number of methoxy groups -OCH3 is 2. The van der Waals surface area contributed by atoms with Crippen molar-refractivity contribution in [3.8, 4) is 11.5 Å². The summed E-state index contributed by atoms with van der Waals surface area (Å²) in [4.78, 5) is 0. The van der Waals surface area contributed by atoms with Crippen LogP contribution in [0.15, 0.2) is 38.0 Å². The van der Waals surface area contributed by atoms with E-state index >= 15 is 0 Å². The van der Waals surface area contributed by atoms with Crippen LogP contribution in [-0.2, 0) is 0 Å². The summed E-state index contributed by atoms with van der Waals surface area (Å²) in [7, 11) is 3.21.